The van der Waals surface area contributed by atoms with Crippen molar-refractivity contribution in [3.63, 3.8) is 0 Å². The van der Waals surface area contributed by atoms with Gasteiger partial charge in [-0.25, -0.2) is 9.69 Å². The van der Waals surface area contributed by atoms with Crippen molar-refractivity contribution >= 4 is 11.4 Å². The normalized spacial score (nSPS) is 17.4. The largest absolute Gasteiger partial charge is 0.359 e. The highest BCUT2D eigenvalue weighted by Gasteiger charge is 2.44. The van der Waals surface area contributed by atoms with Crippen molar-refractivity contribution < 1.29 is 4.74 Å². The van der Waals surface area contributed by atoms with E-state index in [4.69, 9.17) is 17.9 Å². The van der Waals surface area contributed by atoms with Gasteiger partial charge in [-0.2, -0.15) is 0 Å². The lowest BCUT2D eigenvalue weighted by molar-refractivity contribution is -0.123. The average Bonchev–Trinajstić information content (AvgIpc) is 3.23. The van der Waals surface area contributed by atoms with E-state index in [-0.39, 0.29) is 5.72 Å². The van der Waals surface area contributed by atoms with Crippen LogP contribution in [0.25, 0.3) is 9.69 Å². The van der Waals surface area contributed by atoms with Gasteiger partial charge in [0.25, 0.3) is 0 Å². The molecule has 164 valence electrons. The van der Waals surface area contributed by atoms with Crippen LogP contribution in [0.2, 0.25) is 0 Å². The fraction of sp³-hybridized carbons (Fsp3) is 0.407. The van der Waals surface area contributed by atoms with Crippen molar-refractivity contribution in [3.05, 3.63) is 82.5 Å². The molecule has 0 amide bonds. The van der Waals surface area contributed by atoms with Crippen LogP contribution in [0.15, 0.2) is 48.5 Å². The molecule has 2 aromatic carbocycles. The lowest BCUT2D eigenvalue weighted by atomic mass is 9.97. The number of piperidine rings is 1. The lowest BCUT2D eigenvalue weighted by Gasteiger charge is -2.44. The quantitative estimate of drug-likeness (QED) is 0.467. The summed E-state index contributed by atoms with van der Waals surface area (Å²) in [6.45, 7) is 23.5. The van der Waals surface area contributed by atoms with Gasteiger partial charge >= 0.3 is 0 Å². The summed E-state index contributed by atoms with van der Waals surface area (Å²) in [5.74, 6) is 5.36. The molecule has 0 atom stereocenters. The van der Waals surface area contributed by atoms with E-state index in [1.165, 1.54) is 0 Å². The highest BCUT2D eigenvalue weighted by Crippen LogP contribution is 2.37. The number of likely N-dealkylation sites (tertiary alicyclic amines) is 1. The highest BCUT2D eigenvalue weighted by molar-refractivity contribution is 5.52. The zero-order valence-electron chi connectivity index (χ0n) is 19.0. The summed E-state index contributed by atoms with van der Waals surface area (Å²) in [5.41, 5.74) is 3.44. The summed E-state index contributed by atoms with van der Waals surface area (Å²) < 4.78 is 6.26. The predicted molar refractivity (Wildman–Crippen MR) is 128 cm³/mol. The van der Waals surface area contributed by atoms with Crippen molar-refractivity contribution in [1.29, 1.82) is 0 Å². The summed E-state index contributed by atoms with van der Waals surface area (Å²) in [7, 11) is 0. The molecule has 2 heterocycles. The SMILES string of the molecule is CC#CC.[C-]#[N+]c1ccccc1CN1CCC2(CC1)OCCN2Cc1ccccc1[N+]#[C-]. The van der Waals surface area contributed by atoms with Crippen LogP contribution in [-0.2, 0) is 17.8 Å². The fourth-order valence-electron chi connectivity index (χ4n) is 4.34. The molecule has 5 nitrogen and oxygen atoms in total. The van der Waals surface area contributed by atoms with Crippen LogP contribution in [0.4, 0.5) is 11.4 Å². The molecule has 2 fully saturated rings. The van der Waals surface area contributed by atoms with E-state index in [2.05, 4.69) is 43.5 Å². The number of hydrogen-bond acceptors (Lipinski definition) is 3. The Hall–Kier alpha value is -3.14. The van der Waals surface area contributed by atoms with E-state index in [1.54, 1.807) is 0 Å². The molecule has 32 heavy (non-hydrogen) atoms. The molecule has 0 aromatic heterocycles. The van der Waals surface area contributed by atoms with Crippen LogP contribution in [0.1, 0.15) is 37.8 Å². The second-order valence-corrected chi connectivity index (χ2v) is 7.97. The standard InChI is InChI=1S/C23H24N4O.C4H6/c1-24-21-9-5-3-7-19(21)17-26-13-11-23(12-14-26)27(15-16-28-23)18-20-8-4-6-10-22(20)25-2;1-3-4-2/h3-10H,11-18H2;1-2H3. The van der Waals surface area contributed by atoms with Crippen molar-refractivity contribution in [2.45, 2.75) is 45.5 Å². The third-order valence-corrected chi connectivity index (χ3v) is 6.17. The molecule has 2 aliphatic rings. The molecular weight excluding hydrogens is 396 g/mol. The van der Waals surface area contributed by atoms with Gasteiger partial charge in [0.1, 0.15) is 5.72 Å². The first kappa shape index (κ1) is 23.5. The van der Waals surface area contributed by atoms with Gasteiger partial charge in [-0.15, -0.1) is 11.8 Å². The Morgan fingerprint density at radius 3 is 1.91 bits per heavy atom. The van der Waals surface area contributed by atoms with E-state index in [1.807, 2.05) is 50.2 Å². The summed E-state index contributed by atoms with van der Waals surface area (Å²) >= 11 is 0. The van der Waals surface area contributed by atoms with E-state index in [9.17, 15) is 0 Å². The molecule has 0 aliphatic carbocycles. The van der Waals surface area contributed by atoms with E-state index >= 15 is 0 Å². The van der Waals surface area contributed by atoms with Crippen molar-refractivity contribution in [1.82, 2.24) is 9.80 Å². The molecule has 0 N–H and O–H groups in total. The van der Waals surface area contributed by atoms with Gasteiger partial charge in [0.05, 0.1) is 19.8 Å². The number of rotatable bonds is 4. The van der Waals surface area contributed by atoms with Gasteiger partial charge in [-0.05, 0) is 25.0 Å². The van der Waals surface area contributed by atoms with Gasteiger partial charge in [0, 0.05) is 45.6 Å². The van der Waals surface area contributed by atoms with E-state index in [0.717, 1.165) is 74.7 Å². The Morgan fingerprint density at radius 1 is 0.844 bits per heavy atom. The van der Waals surface area contributed by atoms with Crippen molar-refractivity contribution in [2.24, 2.45) is 0 Å². The minimum Gasteiger partial charge on any atom is -0.359 e. The zero-order chi connectivity index (χ0) is 22.8. The Kier molecular flexibility index (Phi) is 8.43. The molecular formula is C27H30N4O. The van der Waals surface area contributed by atoms with Crippen molar-refractivity contribution in [2.75, 3.05) is 26.2 Å². The molecule has 2 aliphatic heterocycles. The first-order chi connectivity index (χ1) is 15.7. The van der Waals surface area contributed by atoms with Gasteiger partial charge in [0.2, 0.25) is 0 Å². The Labute approximate surface area is 192 Å². The number of benzene rings is 2. The number of hydrogen-bond donors (Lipinski definition) is 0. The smallest absolute Gasteiger partial charge is 0.191 e. The van der Waals surface area contributed by atoms with Crippen LogP contribution in [0.5, 0.6) is 0 Å². The molecule has 0 bridgehead atoms. The zero-order valence-corrected chi connectivity index (χ0v) is 19.0. The van der Waals surface area contributed by atoms with E-state index < -0.39 is 0 Å². The summed E-state index contributed by atoms with van der Waals surface area (Å²) in [6.07, 6.45) is 1.90. The van der Waals surface area contributed by atoms with Crippen LogP contribution in [0, 0.1) is 25.0 Å². The van der Waals surface area contributed by atoms with E-state index in [0.29, 0.717) is 0 Å². The lowest BCUT2D eigenvalue weighted by Crippen LogP contribution is -2.52. The highest BCUT2D eigenvalue weighted by atomic mass is 16.5. The second kappa shape index (κ2) is 11.5. The third kappa shape index (κ3) is 5.56. The van der Waals surface area contributed by atoms with Crippen molar-refractivity contribution in [3.8, 4) is 11.8 Å². The number of ether oxygens (including phenoxy) is 1. The molecule has 4 rings (SSSR count). The van der Waals surface area contributed by atoms with Gasteiger partial charge in [0.15, 0.2) is 11.4 Å². The molecule has 0 radical (unpaired) electrons. The number of para-hydroxylation sites is 2. The van der Waals surface area contributed by atoms with Crippen LogP contribution >= 0.6 is 0 Å². The molecule has 5 heteroatoms. The van der Waals surface area contributed by atoms with Gasteiger partial charge in [-0.1, -0.05) is 48.5 Å². The van der Waals surface area contributed by atoms with Crippen LogP contribution in [0.3, 0.4) is 0 Å². The predicted octanol–water partition coefficient (Wildman–Crippen LogP) is 5.64. The van der Waals surface area contributed by atoms with Crippen LogP contribution < -0.4 is 0 Å². The summed E-state index contributed by atoms with van der Waals surface area (Å²) in [5, 5.41) is 0. The fourth-order valence-corrected chi connectivity index (χ4v) is 4.34. The maximum atomic E-state index is 7.41. The third-order valence-electron chi connectivity index (χ3n) is 6.17. The minimum absolute atomic E-state index is 0.217. The average molecular weight is 427 g/mol. The minimum atomic E-state index is -0.217. The maximum absolute atomic E-state index is 7.41. The van der Waals surface area contributed by atoms with Gasteiger partial charge in [-0.3, -0.25) is 9.80 Å². The maximum Gasteiger partial charge on any atom is 0.191 e. The molecule has 2 saturated heterocycles. The molecule has 2 aromatic rings. The molecule has 0 unspecified atom stereocenters. The topological polar surface area (TPSA) is 24.4 Å². The Bertz CT molecular complexity index is 1040. The van der Waals surface area contributed by atoms with Gasteiger partial charge < -0.3 is 4.74 Å². The molecule has 0 saturated carbocycles. The molecule has 1 spiro atoms. The second-order valence-electron chi connectivity index (χ2n) is 7.97. The first-order valence-electron chi connectivity index (χ1n) is 11.0. The first-order valence-corrected chi connectivity index (χ1v) is 11.0. The number of nitrogens with zero attached hydrogens (tertiary/aromatic N) is 4. The van der Waals surface area contributed by atoms with Crippen LogP contribution in [-0.4, -0.2) is 41.8 Å². The summed E-state index contributed by atoms with van der Waals surface area (Å²) in [4.78, 5) is 12.2. The Balaban J connectivity index is 0.000000668. The monoisotopic (exact) mass is 426 g/mol. The summed E-state index contributed by atoms with van der Waals surface area (Å²) in [6, 6.07) is 15.7. The Morgan fingerprint density at radius 2 is 1.38 bits per heavy atom.